The smallest absolute Gasteiger partial charge is 0.253 e. The van der Waals surface area contributed by atoms with Gasteiger partial charge in [-0.25, -0.2) is 0 Å². The van der Waals surface area contributed by atoms with Crippen LogP contribution in [0.3, 0.4) is 0 Å². The largest absolute Gasteiger partial charge is 0.383 e. The first-order chi connectivity index (χ1) is 11.5. The summed E-state index contributed by atoms with van der Waals surface area (Å²) in [7, 11) is 3.27. The van der Waals surface area contributed by atoms with Gasteiger partial charge in [0.1, 0.15) is 6.54 Å². The van der Waals surface area contributed by atoms with E-state index in [0.717, 1.165) is 5.56 Å². The molecule has 0 aliphatic carbocycles. The van der Waals surface area contributed by atoms with Crippen molar-refractivity contribution < 1.29 is 19.1 Å². The van der Waals surface area contributed by atoms with Crippen LogP contribution < -0.4 is 0 Å². The lowest BCUT2D eigenvalue weighted by Crippen LogP contribution is -2.44. The molecular weight excluding hydrogens is 310 g/mol. The van der Waals surface area contributed by atoms with Crippen LogP contribution in [-0.4, -0.2) is 79.5 Å². The Hall–Kier alpha value is -2.41. The zero-order valence-electron chi connectivity index (χ0n) is 13.9. The van der Waals surface area contributed by atoms with Crippen LogP contribution in [0.25, 0.3) is 0 Å². The molecule has 1 unspecified atom stereocenters. The summed E-state index contributed by atoms with van der Waals surface area (Å²) in [6.45, 7) is 1.60. The number of benzene rings is 1. The third kappa shape index (κ3) is 2.87. The Bertz CT molecular complexity index is 676. The number of nitrogens with zero attached hydrogens (tertiary/aromatic N) is 3. The maximum Gasteiger partial charge on any atom is 0.253 e. The summed E-state index contributed by atoms with van der Waals surface area (Å²) in [5, 5.41) is 0. The molecule has 24 heavy (non-hydrogen) atoms. The molecule has 1 saturated heterocycles. The average Bonchev–Trinajstić information content (AvgIpc) is 2.96. The fourth-order valence-corrected chi connectivity index (χ4v) is 3.23. The fourth-order valence-electron chi connectivity index (χ4n) is 3.23. The van der Waals surface area contributed by atoms with Crippen molar-refractivity contribution >= 4 is 17.7 Å². The Morgan fingerprint density at radius 3 is 2.79 bits per heavy atom. The lowest BCUT2D eigenvalue weighted by Gasteiger charge is -2.33. The Balaban J connectivity index is 1.80. The summed E-state index contributed by atoms with van der Waals surface area (Å²) >= 11 is 0. The van der Waals surface area contributed by atoms with E-state index in [2.05, 4.69) is 0 Å². The molecule has 128 valence electrons. The zero-order valence-corrected chi connectivity index (χ0v) is 13.9. The minimum absolute atomic E-state index is 0.0751. The Morgan fingerprint density at radius 1 is 1.29 bits per heavy atom. The summed E-state index contributed by atoms with van der Waals surface area (Å²) in [5.74, 6) is -0.697. The monoisotopic (exact) mass is 331 g/mol. The topological polar surface area (TPSA) is 70.2 Å². The maximum absolute atomic E-state index is 13.0. The van der Waals surface area contributed by atoms with E-state index >= 15 is 0 Å². The van der Waals surface area contributed by atoms with Crippen molar-refractivity contribution in [3.63, 3.8) is 0 Å². The van der Waals surface area contributed by atoms with Crippen LogP contribution >= 0.6 is 0 Å². The number of fused-ring (bicyclic) bond motifs is 1. The lowest BCUT2D eigenvalue weighted by molar-refractivity contribution is -0.133. The van der Waals surface area contributed by atoms with E-state index in [4.69, 9.17) is 4.74 Å². The highest BCUT2D eigenvalue weighted by atomic mass is 16.5. The summed E-state index contributed by atoms with van der Waals surface area (Å²) in [6.07, 6.45) is 0. The number of hydrogen-bond acceptors (Lipinski definition) is 4. The Morgan fingerprint density at radius 2 is 2.04 bits per heavy atom. The van der Waals surface area contributed by atoms with Gasteiger partial charge in [-0.05, 0) is 11.6 Å². The predicted octanol–water partition coefficient (Wildman–Crippen LogP) is 0.131. The first-order valence-electron chi connectivity index (χ1n) is 7.92. The van der Waals surface area contributed by atoms with Crippen LogP contribution in [-0.2, 0) is 14.3 Å². The first kappa shape index (κ1) is 16.4. The lowest BCUT2D eigenvalue weighted by atomic mass is 9.88. The molecule has 3 rings (SSSR count). The number of carbonyl (C=O) groups excluding carboxylic acids is 3. The molecule has 0 N–H and O–H groups in total. The van der Waals surface area contributed by atoms with E-state index in [9.17, 15) is 14.4 Å². The third-order valence-corrected chi connectivity index (χ3v) is 4.57. The molecular formula is C17H21N3O4. The number of hydrogen-bond donors (Lipinski definition) is 0. The van der Waals surface area contributed by atoms with Crippen molar-refractivity contribution in [1.82, 2.24) is 14.7 Å². The van der Waals surface area contributed by atoms with Crippen molar-refractivity contribution in [2.24, 2.45) is 0 Å². The van der Waals surface area contributed by atoms with Crippen LogP contribution in [0.1, 0.15) is 21.8 Å². The van der Waals surface area contributed by atoms with Crippen LogP contribution in [0.5, 0.6) is 0 Å². The van der Waals surface area contributed by atoms with Gasteiger partial charge >= 0.3 is 0 Å². The number of carbonyl (C=O) groups is 3. The minimum atomic E-state index is -0.431. The molecule has 7 heteroatoms. The average molecular weight is 331 g/mol. The van der Waals surface area contributed by atoms with Gasteiger partial charge in [0.2, 0.25) is 11.8 Å². The quantitative estimate of drug-likeness (QED) is 0.786. The summed E-state index contributed by atoms with van der Waals surface area (Å²) in [5.41, 5.74) is 1.31. The molecule has 0 spiro atoms. The number of rotatable bonds is 4. The molecule has 1 aromatic carbocycles. The second kappa shape index (κ2) is 6.60. The van der Waals surface area contributed by atoms with Gasteiger partial charge in [-0.1, -0.05) is 18.2 Å². The van der Waals surface area contributed by atoms with Crippen LogP contribution in [0.15, 0.2) is 24.3 Å². The predicted molar refractivity (Wildman–Crippen MR) is 86.3 cm³/mol. The van der Waals surface area contributed by atoms with E-state index in [1.54, 1.807) is 41.0 Å². The highest BCUT2D eigenvalue weighted by Crippen LogP contribution is 2.29. The molecule has 7 nitrogen and oxygen atoms in total. The molecule has 2 heterocycles. The van der Waals surface area contributed by atoms with Gasteiger partial charge in [-0.2, -0.15) is 0 Å². The summed E-state index contributed by atoms with van der Waals surface area (Å²) < 4.78 is 4.99. The molecule has 0 saturated carbocycles. The van der Waals surface area contributed by atoms with Crippen molar-refractivity contribution in [2.45, 2.75) is 5.92 Å². The van der Waals surface area contributed by atoms with E-state index < -0.39 is 5.92 Å². The molecule has 1 aromatic rings. The number of ether oxygens (including phenoxy) is 1. The molecule has 0 radical (unpaired) electrons. The van der Waals surface area contributed by atoms with E-state index in [1.165, 1.54) is 0 Å². The maximum atomic E-state index is 13.0. The second-order valence-electron chi connectivity index (χ2n) is 6.15. The summed E-state index contributed by atoms with van der Waals surface area (Å²) in [6, 6.07) is 7.19. The first-order valence-corrected chi connectivity index (χ1v) is 7.92. The molecule has 1 fully saturated rings. The van der Waals surface area contributed by atoms with Gasteiger partial charge in [0.15, 0.2) is 0 Å². The van der Waals surface area contributed by atoms with Gasteiger partial charge in [0.05, 0.1) is 19.2 Å². The van der Waals surface area contributed by atoms with E-state index in [1.807, 2.05) is 12.1 Å². The molecule has 1 atom stereocenters. The van der Waals surface area contributed by atoms with Crippen molar-refractivity contribution in [1.29, 1.82) is 0 Å². The number of amides is 3. The third-order valence-electron chi connectivity index (χ3n) is 4.57. The highest BCUT2D eigenvalue weighted by Gasteiger charge is 2.39. The number of likely N-dealkylation sites (N-methyl/N-ethyl adjacent to an activating group) is 1. The molecule has 0 bridgehead atoms. The molecule has 2 aliphatic heterocycles. The van der Waals surface area contributed by atoms with Crippen molar-refractivity contribution in [3.8, 4) is 0 Å². The normalized spacial score (nSPS) is 20.6. The van der Waals surface area contributed by atoms with Crippen LogP contribution in [0.4, 0.5) is 0 Å². The SMILES string of the molecule is COCCN1CN(C(=O)C2CN(C)C(=O)c3ccccc32)CC1=O. The van der Waals surface area contributed by atoms with Crippen molar-refractivity contribution in [3.05, 3.63) is 35.4 Å². The van der Waals surface area contributed by atoms with Crippen LogP contribution in [0.2, 0.25) is 0 Å². The van der Waals surface area contributed by atoms with Gasteiger partial charge in [0, 0.05) is 32.8 Å². The van der Waals surface area contributed by atoms with Gasteiger partial charge < -0.3 is 19.4 Å². The summed E-state index contributed by atoms with van der Waals surface area (Å²) in [4.78, 5) is 42.0. The molecule has 3 amide bonds. The van der Waals surface area contributed by atoms with E-state index in [0.29, 0.717) is 25.3 Å². The highest BCUT2D eigenvalue weighted by molar-refractivity contribution is 6.01. The Kier molecular flexibility index (Phi) is 4.53. The number of methoxy groups -OCH3 is 1. The van der Waals surface area contributed by atoms with Crippen molar-refractivity contribution in [2.75, 3.05) is 47.1 Å². The zero-order chi connectivity index (χ0) is 17.3. The van der Waals surface area contributed by atoms with Gasteiger partial charge in [0.25, 0.3) is 5.91 Å². The Labute approximate surface area is 140 Å². The molecule has 2 aliphatic rings. The van der Waals surface area contributed by atoms with Gasteiger partial charge in [-0.3, -0.25) is 14.4 Å². The minimum Gasteiger partial charge on any atom is -0.383 e. The standard InChI is InChI=1S/C17H21N3O4/c1-18-9-14(12-5-3-4-6-13(12)16(18)22)17(23)20-10-15(21)19(11-20)7-8-24-2/h3-6,14H,7-11H2,1-2H3. The van der Waals surface area contributed by atoms with Gasteiger partial charge in [-0.15, -0.1) is 0 Å². The van der Waals surface area contributed by atoms with E-state index in [-0.39, 0.29) is 30.9 Å². The fraction of sp³-hybridized carbons (Fsp3) is 0.471. The molecule has 0 aromatic heterocycles. The van der Waals surface area contributed by atoms with Crippen LogP contribution in [0, 0.1) is 0 Å². The second-order valence-corrected chi connectivity index (χ2v) is 6.15.